The maximum atomic E-state index is 13.3. The van der Waals surface area contributed by atoms with Gasteiger partial charge >= 0.3 is 6.03 Å². The lowest BCUT2D eigenvalue weighted by Gasteiger charge is -2.45. The zero-order chi connectivity index (χ0) is 25.6. The molecule has 0 aromatic heterocycles. The van der Waals surface area contributed by atoms with Gasteiger partial charge in [0.25, 0.3) is 0 Å². The Balaban J connectivity index is 1.44. The van der Waals surface area contributed by atoms with Crippen molar-refractivity contribution in [3.63, 3.8) is 0 Å². The van der Waals surface area contributed by atoms with Crippen molar-refractivity contribution in [2.45, 2.75) is 71.1 Å². The molecule has 1 aliphatic carbocycles. The number of anilines is 2. The highest BCUT2D eigenvalue weighted by atomic mass is 19.1. The molecule has 2 amide bonds. The summed E-state index contributed by atoms with van der Waals surface area (Å²) in [5, 5.41) is 13.2. The lowest BCUT2D eigenvalue weighted by Crippen LogP contribution is -2.58. The number of amides is 2. The number of carbonyl (C=O) groups is 1. The van der Waals surface area contributed by atoms with E-state index in [1.54, 1.807) is 12.1 Å². The van der Waals surface area contributed by atoms with E-state index in [0.29, 0.717) is 37.8 Å². The van der Waals surface area contributed by atoms with Crippen molar-refractivity contribution < 1.29 is 13.9 Å². The number of nitriles is 1. The summed E-state index contributed by atoms with van der Waals surface area (Å²) < 4.78 is 19.4. The van der Waals surface area contributed by atoms with Gasteiger partial charge in [-0.3, -0.25) is 0 Å². The van der Waals surface area contributed by atoms with E-state index < -0.39 is 0 Å². The molecule has 7 heteroatoms. The van der Waals surface area contributed by atoms with Gasteiger partial charge in [-0.1, -0.05) is 13.8 Å². The Hall–Kier alpha value is -3.11. The minimum Gasteiger partial charge on any atom is -0.371 e. The van der Waals surface area contributed by atoms with Gasteiger partial charge in [0.2, 0.25) is 0 Å². The molecule has 0 unspecified atom stereocenters. The van der Waals surface area contributed by atoms with Gasteiger partial charge in [-0.05, 0) is 85.5 Å². The normalized spacial score (nSPS) is 21.2. The molecule has 0 spiro atoms. The highest BCUT2D eigenvalue weighted by molar-refractivity contribution is 5.89. The van der Waals surface area contributed by atoms with Crippen LogP contribution in [0.5, 0.6) is 0 Å². The zero-order valence-corrected chi connectivity index (χ0v) is 21.6. The third-order valence-electron chi connectivity index (χ3n) is 7.79. The quantitative estimate of drug-likeness (QED) is 0.588. The topological polar surface area (TPSA) is 68.6 Å². The minimum absolute atomic E-state index is 0.0223. The van der Waals surface area contributed by atoms with Crippen molar-refractivity contribution in [1.82, 2.24) is 4.90 Å². The van der Waals surface area contributed by atoms with E-state index >= 15 is 0 Å². The third kappa shape index (κ3) is 4.79. The SMILES string of the molecule is CC(C)[C@@H]1CN(c2cc(C3CC3)c3c(c2C#N)CC(C)(C)OC3)CCN1C(=O)Nc1ccc(F)cc1. The molecule has 1 atom stereocenters. The van der Waals surface area contributed by atoms with Gasteiger partial charge in [-0.25, -0.2) is 9.18 Å². The molecule has 36 heavy (non-hydrogen) atoms. The first kappa shape index (κ1) is 24.6. The molecule has 2 aromatic carbocycles. The summed E-state index contributed by atoms with van der Waals surface area (Å²) in [7, 11) is 0. The van der Waals surface area contributed by atoms with Crippen LogP contribution in [0.3, 0.4) is 0 Å². The molecule has 1 saturated heterocycles. The highest BCUT2D eigenvalue weighted by Crippen LogP contribution is 2.47. The Morgan fingerprint density at radius 1 is 1.19 bits per heavy atom. The number of fused-ring (bicyclic) bond motifs is 1. The number of hydrogen-bond acceptors (Lipinski definition) is 4. The van der Waals surface area contributed by atoms with Gasteiger partial charge in [-0.15, -0.1) is 0 Å². The molecule has 0 bridgehead atoms. The van der Waals surface area contributed by atoms with E-state index in [-0.39, 0.29) is 29.4 Å². The van der Waals surface area contributed by atoms with Crippen LogP contribution in [0.15, 0.2) is 30.3 Å². The van der Waals surface area contributed by atoms with Crippen molar-refractivity contribution in [2.75, 3.05) is 29.9 Å². The molecule has 1 saturated carbocycles. The number of ether oxygens (including phenoxy) is 1. The fourth-order valence-corrected chi connectivity index (χ4v) is 5.61. The Morgan fingerprint density at radius 2 is 1.92 bits per heavy atom. The molecule has 5 rings (SSSR count). The largest absolute Gasteiger partial charge is 0.371 e. The molecule has 2 heterocycles. The Bertz CT molecular complexity index is 1200. The van der Waals surface area contributed by atoms with Crippen LogP contribution in [0.2, 0.25) is 0 Å². The molecule has 2 fully saturated rings. The number of benzene rings is 2. The van der Waals surface area contributed by atoms with E-state index in [1.807, 2.05) is 4.90 Å². The predicted octanol–water partition coefficient (Wildman–Crippen LogP) is 5.80. The van der Waals surface area contributed by atoms with Gasteiger partial charge in [0.1, 0.15) is 11.9 Å². The summed E-state index contributed by atoms with van der Waals surface area (Å²) in [6.45, 7) is 10.9. The van der Waals surface area contributed by atoms with E-state index in [9.17, 15) is 14.4 Å². The van der Waals surface area contributed by atoms with Crippen molar-refractivity contribution in [2.24, 2.45) is 5.92 Å². The number of rotatable bonds is 4. The molecule has 6 nitrogen and oxygen atoms in total. The predicted molar refractivity (Wildman–Crippen MR) is 139 cm³/mol. The molecular formula is C29H35FN4O2. The second kappa shape index (κ2) is 9.40. The smallest absolute Gasteiger partial charge is 0.322 e. The van der Waals surface area contributed by atoms with E-state index in [1.165, 1.54) is 36.1 Å². The summed E-state index contributed by atoms with van der Waals surface area (Å²) >= 11 is 0. The van der Waals surface area contributed by atoms with Gasteiger partial charge in [0.05, 0.1) is 29.5 Å². The molecule has 2 aliphatic heterocycles. The summed E-state index contributed by atoms with van der Waals surface area (Å²) in [6, 6.07) is 10.4. The van der Waals surface area contributed by atoms with Crippen molar-refractivity contribution >= 4 is 17.4 Å². The average Bonchev–Trinajstić information content (AvgIpc) is 3.69. The molecule has 1 N–H and O–H groups in total. The summed E-state index contributed by atoms with van der Waals surface area (Å²) in [6.07, 6.45) is 3.10. The molecule has 0 radical (unpaired) electrons. The van der Waals surface area contributed by atoms with Crippen LogP contribution in [0.1, 0.15) is 68.7 Å². The van der Waals surface area contributed by atoms with Crippen LogP contribution in [0.4, 0.5) is 20.6 Å². The van der Waals surface area contributed by atoms with Crippen LogP contribution in [0.25, 0.3) is 0 Å². The fraction of sp³-hybridized carbons (Fsp3) is 0.517. The van der Waals surface area contributed by atoms with Gasteiger partial charge < -0.3 is 19.9 Å². The van der Waals surface area contributed by atoms with E-state index in [2.05, 4.69) is 50.0 Å². The molecule has 190 valence electrons. The Morgan fingerprint density at radius 3 is 2.56 bits per heavy atom. The van der Waals surface area contributed by atoms with Crippen LogP contribution < -0.4 is 10.2 Å². The van der Waals surface area contributed by atoms with Gasteiger partial charge in [0, 0.05) is 31.7 Å². The summed E-state index contributed by atoms with van der Waals surface area (Å²) in [4.78, 5) is 17.4. The average molecular weight is 491 g/mol. The number of hydrogen-bond donors (Lipinski definition) is 1. The second-order valence-corrected chi connectivity index (χ2v) is 11.3. The number of piperazine rings is 1. The monoisotopic (exact) mass is 490 g/mol. The van der Waals surface area contributed by atoms with E-state index in [0.717, 1.165) is 23.2 Å². The van der Waals surface area contributed by atoms with Crippen molar-refractivity contribution in [3.05, 3.63) is 58.4 Å². The van der Waals surface area contributed by atoms with E-state index in [4.69, 9.17) is 4.74 Å². The first-order valence-electron chi connectivity index (χ1n) is 13.0. The molecule has 2 aromatic rings. The first-order chi connectivity index (χ1) is 17.2. The third-order valence-corrected chi connectivity index (χ3v) is 7.79. The number of nitrogens with zero attached hydrogens (tertiary/aromatic N) is 3. The van der Waals surface area contributed by atoms with Crippen molar-refractivity contribution in [3.8, 4) is 6.07 Å². The molecule has 3 aliphatic rings. The summed E-state index contributed by atoms with van der Waals surface area (Å²) in [5.74, 6) is 0.449. The van der Waals surface area contributed by atoms with Crippen molar-refractivity contribution in [1.29, 1.82) is 5.26 Å². The van der Waals surface area contributed by atoms with Gasteiger partial charge in [-0.2, -0.15) is 5.26 Å². The lowest BCUT2D eigenvalue weighted by molar-refractivity contribution is -0.0405. The van der Waals surface area contributed by atoms with Crippen LogP contribution in [0, 0.1) is 23.1 Å². The minimum atomic E-state index is -0.333. The lowest BCUT2D eigenvalue weighted by atomic mass is 9.83. The summed E-state index contributed by atoms with van der Waals surface area (Å²) in [5.41, 5.74) is 5.74. The number of halogens is 1. The second-order valence-electron chi connectivity index (χ2n) is 11.3. The maximum absolute atomic E-state index is 13.3. The number of nitrogens with one attached hydrogen (secondary N) is 1. The first-order valence-corrected chi connectivity index (χ1v) is 13.0. The highest BCUT2D eigenvalue weighted by Gasteiger charge is 2.38. The Labute approximate surface area is 213 Å². The van der Waals surface area contributed by atoms with Crippen LogP contribution in [-0.4, -0.2) is 42.2 Å². The van der Waals surface area contributed by atoms with Gasteiger partial charge in [0.15, 0.2) is 0 Å². The fourth-order valence-electron chi connectivity index (χ4n) is 5.61. The number of urea groups is 1. The van der Waals surface area contributed by atoms with Crippen LogP contribution in [-0.2, 0) is 17.8 Å². The number of carbonyl (C=O) groups excluding carboxylic acids is 1. The Kier molecular flexibility index (Phi) is 6.42. The van der Waals surface area contributed by atoms with Crippen LogP contribution >= 0.6 is 0 Å². The zero-order valence-electron chi connectivity index (χ0n) is 21.6. The standard InChI is InChI=1S/C29H35FN4O2/c1-18(2)27-16-33(11-12-34(27)28(35)32-21-9-7-20(30)8-10-21)26-13-22(19-5-6-19)25-17-36-29(3,4)14-23(25)24(26)15-31/h7-10,13,18-19,27H,5-6,11-12,14,16-17H2,1-4H3,(H,32,35)/t27-/m0/s1. The maximum Gasteiger partial charge on any atom is 0.322 e. The molecular weight excluding hydrogens is 455 g/mol.